The SMILES string of the molecule is O=C(Cc1ccc2c(c1)OCCO2)N1CCCC1Cc1ccccc1Cl. The van der Waals surface area contributed by atoms with E-state index in [1.54, 1.807) is 0 Å². The summed E-state index contributed by atoms with van der Waals surface area (Å²) in [4.78, 5) is 14.9. The van der Waals surface area contributed by atoms with E-state index in [-0.39, 0.29) is 11.9 Å². The minimum atomic E-state index is 0.163. The van der Waals surface area contributed by atoms with Crippen LogP contribution in [0.5, 0.6) is 11.5 Å². The Labute approximate surface area is 158 Å². The van der Waals surface area contributed by atoms with Crippen LogP contribution < -0.4 is 9.47 Å². The zero-order chi connectivity index (χ0) is 17.9. The van der Waals surface area contributed by atoms with Gasteiger partial charge in [-0.3, -0.25) is 4.79 Å². The van der Waals surface area contributed by atoms with Gasteiger partial charge in [0.1, 0.15) is 13.2 Å². The van der Waals surface area contributed by atoms with Gasteiger partial charge in [0.15, 0.2) is 11.5 Å². The van der Waals surface area contributed by atoms with Crippen LogP contribution >= 0.6 is 11.6 Å². The van der Waals surface area contributed by atoms with Crippen LogP contribution in [-0.4, -0.2) is 36.6 Å². The van der Waals surface area contributed by atoms with Gasteiger partial charge in [0, 0.05) is 17.6 Å². The smallest absolute Gasteiger partial charge is 0.227 e. The van der Waals surface area contributed by atoms with E-state index in [9.17, 15) is 4.79 Å². The van der Waals surface area contributed by atoms with Crippen LogP contribution in [-0.2, 0) is 17.6 Å². The molecule has 1 amide bonds. The van der Waals surface area contributed by atoms with E-state index in [2.05, 4.69) is 0 Å². The lowest BCUT2D eigenvalue weighted by atomic mass is 10.0. The number of carbonyl (C=O) groups excluding carboxylic acids is 1. The molecule has 1 fully saturated rings. The topological polar surface area (TPSA) is 38.8 Å². The molecule has 5 heteroatoms. The molecule has 4 nitrogen and oxygen atoms in total. The number of halogens is 1. The van der Waals surface area contributed by atoms with Gasteiger partial charge in [0.2, 0.25) is 5.91 Å². The molecule has 1 saturated heterocycles. The van der Waals surface area contributed by atoms with Crippen LogP contribution in [0.2, 0.25) is 5.02 Å². The van der Waals surface area contributed by atoms with Crippen molar-refractivity contribution in [1.82, 2.24) is 4.90 Å². The maximum absolute atomic E-state index is 12.9. The fraction of sp³-hybridized carbons (Fsp3) is 0.381. The molecule has 1 unspecified atom stereocenters. The summed E-state index contributed by atoms with van der Waals surface area (Å²) in [6.07, 6.45) is 3.27. The minimum absolute atomic E-state index is 0.163. The lowest BCUT2D eigenvalue weighted by molar-refractivity contribution is -0.131. The standard InChI is InChI=1S/C21H22ClNO3/c22-18-6-2-1-4-16(18)14-17-5-3-9-23(17)21(24)13-15-7-8-19-20(12-15)26-11-10-25-19/h1-2,4,6-8,12,17H,3,5,9-11,13-14H2. The summed E-state index contributed by atoms with van der Waals surface area (Å²) in [6.45, 7) is 1.94. The molecule has 0 spiro atoms. The Kier molecular flexibility index (Phi) is 5.02. The van der Waals surface area contributed by atoms with Crippen molar-refractivity contribution in [2.75, 3.05) is 19.8 Å². The van der Waals surface area contributed by atoms with Gasteiger partial charge >= 0.3 is 0 Å². The molecule has 2 aliphatic rings. The van der Waals surface area contributed by atoms with Gasteiger partial charge in [-0.05, 0) is 48.6 Å². The lowest BCUT2D eigenvalue weighted by Gasteiger charge is -2.25. The summed E-state index contributed by atoms with van der Waals surface area (Å²) >= 11 is 6.30. The average molecular weight is 372 g/mol. The highest BCUT2D eigenvalue weighted by Gasteiger charge is 2.29. The zero-order valence-corrected chi connectivity index (χ0v) is 15.4. The zero-order valence-electron chi connectivity index (χ0n) is 14.6. The first-order valence-corrected chi connectivity index (χ1v) is 9.50. The highest BCUT2D eigenvalue weighted by molar-refractivity contribution is 6.31. The molecule has 136 valence electrons. The van der Waals surface area contributed by atoms with E-state index in [1.807, 2.05) is 47.4 Å². The fourth-order valence-corrected chi connectivity index (χ4v) is 3.98. The van der Waals surface area contributed by atoms with Crippen LogP contribution in [0.1, 0.15) is 24.0 Å². The van der Waals surface area contributed by atoms with Crippen LogP contribution in [0.25, 0.3) is 0 Å². The number of nitrogens with zero attached hydrogens (tertiary/aromatic N) is 1. The minimum Gasteiger partial charge on any atom is -0.486 e. The number of benzene rings is 2. The lowest BCUT2D eigenvalue weighted by Crippen LogP contribution is -2.37. The molecular weight excluding hydrogens is 350 g/mol. The summed E-state index contributed by atoms with van der Waals surface area (Å²) in [5, 5.41) is 0.777. The molecule has 4 rings (SSSR count). The quantitative estimate of drug-likeness (QED) is 0.818. The van der Waals surface area contributed by atoms with Gasteiger partial charge in [-0.1, -0.05) is 35.9 Å². The monoisotopic (exact) mass is 371 g/mol. The Morgan fingerprint density at radius 1 is 1.12 bits per heavy atom. The summed E-state index contributed by atoms with van der Waals surface area (Å²) in [5.41, 5.74) is 2.07. The number of amides is 1. The molecular formula is C21H22ClNO3. The van der Waals surface area contributed by atoms with Crippen molar-refractivity contribution in [3.63, 3.8) is 0 Å². The Bertz CT molecular complexity index is 808. The van der Waals surface area contributed by atoms with E-state index in [4.69, 9.17) is 21.1 Å². The molecule has 2 aromatic carbocycles. The van der Waals surface area contributed by atoms with Crippen molar-refractivity contribution in [1.29, 1.82) is 0 Å². The van der Waals surface area contributed by atoms with Gasteiger partial charge in [-0.15, -0.1) is 0 Å². The van der Waals surface area contributed by atoms with Gasteiger partial charge in [-0.2, -0.15) is 0 Å². The molecule has 2 aliphatic heterocycles. The van der Waals surface area contributed by atoms with Crippen LogP contribution in [0.3, 0.4) is 0 Å². The number of likely N-dealkylation sites (tertiary alicyclic amines) is 1. The molecule has 0 radical (unpaired) electrons. The fourth-order valence-electron chi connectivity index (χ4n) is 3.77. The van der Waals surface area contributed by atoms with Gasteiger partial charge in [-0.25, -0.2) is 0 Å². The van der Waals surface area contributed by atoms with Crippen molar-refractivity contribution in [2.45, 2.75) is 31.7 Å². The Morgan fingerprint density at radius 2 is 1.92 bits per heavy atom. The van der Waals surface area contributed by atoms with Crippen molar-refractivity contribution in [2.24, 2.45) is 0 Å². The summed E-state index contributed by atoms with van der Waals surface area (Å²) in [6, 6.07) is 13.9. The van der Waals surface area contributed by atoms with Gasteiger partial charge < -0.3 is 14.4 Å². The Morgan fingerprint density at radius 3 is 2.77 bits per heavy atom. The first-order valence-electron chi connectivity index (χ1n) is 9.12. The highest BCUT2D eigenvalue weighted by atomic mass is 35.5. The van der Waals surface area contributed by atoms with E-state index in [0.717, 1.165) is 53.5 Å². The maximum atomic E-state index is 12.9. The van der Waals surface area contributed by atoms with E-state index < -0.39 is 0 Å². The van der Waals surface area contributed by atoms with E-state index >= 15 is 0 Å². The largest absolute Gasteiger partial charge is 0.486 e. The molecule has 0 aliphatic carbocycles. The molecule has 1 atom stereocenters. The summed E-state index contributed by atoms with van der Waals surface area (Å²) < 4.78 is 11.2. The number of fused-ring (bicyclic) bond motifs is 1. The second-order valence-corrected chi connectivity index (χ2v) is 7.24. The van der Waals surface area contributed by atoms with Crippen molar-refractivity contribution in [3.8, 4) is 11.5 Å². The van der Waals surface area contributed by atoms with Crippen LogP contribution in [0.15, 0.2) is 42.5 Å². The molecule has 0 bridgehead atoms. The molecule has 2 heterocycles. The van der Waals surface area contributed by atoms with Gasteiger partial charge in [0.05, 0.1) is 6.42 Å². The average Bonchev–Trinajstić information content (AvgIpc) is 3.12. The van der Waals surface area contributed by atoms with Crippen molar-refractivity contribution in [3.05, 3.63) is 58.6 Å². The van der Waals surface area contributed by atoms with E-state index in [1.165, 1.54) is 0 Å². The second kappa shape index (κ2) is 7.58. The van der Waals surface area contributed by atoms with Gasteiger partial charge in [0.25, 0.3) is 0 Å². The van der Waals surface area contributed by atoms with Crippen LogP contribution in [0, 0.1) is 0 Å². The predicted octanol–water partition coefficient (Wildman–Crippen LogP) is 3.89. The third kappa shape index (κ3) is 3.65. The van der Waals surface area contributed by atoms with E-state index in [0.29, 0.717) is 19.6 Å². The predicted molar refractivity (Wildman–Crippen MR) is 101 cm³/mol. The molecule has 0 aromatic heterocycles. The number of hydrogen-bond donors (Lipinski definition) is 0. The normalized spacial score (nSPS) is 18.8. The summed E-state index contributed by atoms with van der Waals surface area (Å²) in [7, 11) is 0. The third-order valence-electron chi connectivity index (χ3n) is 5.07. The number of rotatable bonds is 4. The first-order chi connectivity index (χ1) is 12.7. The first kappa shape index (κ1) is 17.2. The summed E-state index contributed by atoms with van der Waals surface area (Å²) in [5.74, 6) is 1.65. The molecule has 26 heavy (non-hydrogen) atoms. The number of hydrogen-bond acceptors (Lipinski definition) is 3. The second-order valence-electron chi connectivity index (χ2n) is 6.83. The molecule has 0 saturated carbocycles. The third-order valence-corrected chi connectivity index (χ3v) is 5.44. The number of carbonyl (C=O) groups is 1. The molecule has 0 N–H and O–H groups in total. The highest BCUT2D eigenvalue weighted by Crippen LogP contribution is 2.31. The maximum Gasteiger partial charge on any atom is 0.227 e. The van der Waals surface area contributed by atoms with Crippen LogP contribution in [0.4, 0.5) is 0 Å². The Hall–Kier alpha value is -2.20. The molecule has 2 aromatic rings. The van der Waals surface area contributed by atoms with Crippen molar-refractivity contribution < 1.29 is 14.3 Å². The van der Waals surface area contributed by atoms with Crippen molar-refractivity contribution >= 4 is 17.5 Å². The Balaban J connectivity index is 1.44. The number of ether oxygens (including phenoxy) is 2.